The van der Waals surface area contributed by atoms with Crippen LogP contribution < -0.4 is 4.90 Å². The number of hydrogen-bond acceptors (Lipinski definition) is 3. The number of phenols is 1. The number of hydrogen-bond donors (Lipinski definition) is 1. The zero-order valence-electron chi connectivity index (χ0n) is 10.8. The van der Waals surface area contributed by atoms with Crippen molar-refractivity contribution in [2.24, 2.45) is 0 Å². The average molecular weight is 340 g/mol. The molecular weight excluding hydrogens is 329 g/mol. The monoisotopic (exact) mass is 339 g/mol. The summed E-state index contributed by atoms with van der Waals surface area (Å²) in [6, 6.07) is 12.1. The molecule has 1 amide bonds. The molecule has 1 atom stereocenters. The minimum absolute atomic E-state index is 0.00249. The zero-order valence-corrected chi connectivity index (χ0v) is 13.1. The first-order chi connectivity index (χ1) is 10.1. The lowest BCUT2D eigenvalue weighted by Crippen LogP contribution is -2.27. The van der Waals surface area contributed by atoms with Crippen molar-refractivity contribution >= 4 is 46.6 Å². The third-order valence-electron chi connectivity index (χ3n) is 3.22. The van der Waals surface area contributed by atoms with Crippen molar-refractivity contribution in [1.82, 2.24) is 0 Å². The van der Waals surface area contributed by atoms with Crippen LogP contribution in [-0.4, -0.2) is 16.8 Å². The highest BCUT2D eigenvalue weighted by molar-refractivity contribution is 8.00. The molecule has 2 aromatic carbocycles. The molecular formula is C15H11Cl2NO2S. The number of nitrogens with zero attached hydrogens (tertiary/aromatic N) is 1. The highest BCUT2D eigenvalue weighted by atomic mass is 35.5. The highest BCUT2D eigenvalue weighted by Gasteiger charge is 2.35. The Morgan fingerprint density at radius 1 is 1.10 bits per heavy atom. The van der Waals surface area contributed by atoms with Gasteiger partial charge in [-0.15, -0.1) is 11.8 Å². The molecule has 1 saturated heterocycles. The normalized spacial score (nSPS) is 18.3. The number of halogens is 2. The van der Waals surface area contributed by atoms with Crippen LogP contribution in [0, 0.1) is 0 Å². The maximum absolute atomic E-state index is 12.2. The molecule has 0 radical (unpaired) electrons. The molecule has 0 aromatic heterocycles. The second-order valence-corrected chi connectivity index (χ2v) is 6.55. The first kappa shape index (κ1) is 14.6. The molecule has 3 nitrogen and oxygen atoms in total. The molecule has 21 heavy (non-hydrogen) atoms. The molecule has 1 heterocycles. The molecule has 1 unspecified atom stereocenters. The number of rotatable bonds is 2. The van der Waals surface area contributed by atoms with Crippen LogP contribution in [0.2, 0.25) is 10.0 Å². The molecule has 0 saturated carbocycles. The van der Waals surface area contributed by atoms with Crippen LogP contribution in [0.15, 0.2) is 42.5 Å². The van der Waals surface area contributed by atoms with Crippen molar-refractivity contribution in [2.45, 2.75) is 5.37 Å². The lowest BCUT2D eigenvalue weighted by molar-refractivity contribution is -0.115. The lowest BCUT2D eigenvalue weighted by atomic mass is 10.2. The Hall–Kier alpha value is -1.36. The molecule has 2 aromatic rings. The Morgan fingerprint density at radius 2 is 1.76 bits per heavy atom. The smallest absolute Gasteiger partial charge is 0.238 e. The summed E-state index contributed by atoms with van der Waals surface area (Å²) in [4.78, 5) is 13.8. The molecule has 108 valence electrons. The van der Waals surface area contributed by atoms with E-state index < -0.39 is 0 Å². The van der Waals surface area contributed by atoms with Gasteiger partial charge in [0, 0.05) is 16.1 Å². The van der Waals surface area contributed by atoms with Crippen LogP contribution in [0.1, 0.15) is 10.9 Å². The summed E-state index contributed by atoms with van der Waals surface area (Å²) >= 11 is 13.3. The predicted molar refractivity (Wildman–Crippen MR) is 87.3 cm³/mol. The Kier molecular flexibility index (Phi) is 4.02. The quantitative estimate of drug-likeness (QED) is 0.876. The van der Waals surface area contributed by atoms with Crippen molar-refractivity contribution in [2.75, 3.05) is 10.7 Å². The third-order valence-corrected chi connectivity index (χ3v) is 4.92. The molecule has 6 heteroatoms. The van der Waals surface area contributed by atoms with Crippen molar-refractivity contribution in [1.29, 1.82) is 0 Å². The van der Waals surface area contributed by atoms with Gasteiger partial charge in [-0.05, 0) is 29.8 Å². The van der Waals surface area contributed by atoms with Gasteiger partial charge in [-0.2, -0.15) is 0 Å². The van der Waals surface area contributed by atoms with Gasteiger partial charge in [-0.25, -0.2) is 0 Å². The largest absolute Gasteiger partial charge is 0.506 e. The van der Waals surface area contributed by atoms with E-state index in [9.17, 15) is 9.90 Å². The number of phenolic OH excluding ortho intramolecular Hbond substituents is 1. The van der Waals surface area contributed by atoms with Gasteiger partial charge in [0.1, 0.15) is 11.1 Å². The number of thioether (sulfide) groups is 1. The van der Waals surface area contributed by atoms with Gasteiger partial charge >= 0.3 is 0 Å². The van der Waals surface area contributed by atoms with Gasteiger partial charge in [-0.1, -0.05) is 35.3 Å². The van der Waals surface area contributed by atoms with Crippen molar-refractivity contribution in [3.63, 3.8) is 0 Å². The SMILES string of the molecule is O=C1CSC(c2ccc(Cl)cc2)N1c1ccc(Cl)cc1O. The van der Waals surface area contributed by atoms with Crippen LogP contribution >= 0.6 is 35.0 Å². The molecule has 1 fully saturated rings. The number of benzene rings is 2. The molecule has 0 spiro atoms. The first-order valence-electron chi connectivity index (χ1n) is 6.24. The summed E-state index contributed by atoms with van der Waals surface area (Å²) in [6.45, 7) is 0. The minimum atomic E-state index is -0.179. The number of carbonyl (C=O) groups is 1. The van der Waals surface area contributed by atoms with Gasteiger partial charge < -0.3 is 5.11 Å². The fourth-order valence-corrected chi connectivity index (χ4v) is 3.72. The van der Waals surface area contributed by atoms with Crippen LogP contribution in [0.5, 0.6) is 5.75 Å². The fraction of sp³-hybridized carbons (Fsp3) is 0.133. The van der Waals surface area contributed by atoms with E-state index in [4.69, 9.17) is 23.2 Å². The number of carbonyl (C=O) groups excluding carboxylic acids is 1. The van der Waals surface area contributed by atoms with E-state index in [1.54, 1.807) is 29.2 Å². The Bertz CT molecular complexity index is 691. The molecule has 3 rings (SSSR count). The predicted octanol–water partition coefficient (Wildman–Crippen LogP) is 4.48. The van der Waals surface area contributed by atoms with E-state index in [0.29, 0.717) is 21.5 Å². The second kappa shape index (κ2) is 5.79. The summed E-state index contributed by atoms with van der Waals surface area (Å²) in [6.07, 6.45) is 0. The van der Waals surface area contributed by atoms with Gasteiger partial charge in [0.15, 0.2) is 0 Å². The van der Waals surface area contributed by atoms with Crippen LogP contribution in [-0.2, 0) is 4.79 Å². The third kappa shape index (κ3) is 2.84. The Labute approximate surface area is 136 Å². The number of anilines is 1. The second-order valence-electron chi connectivity index (χ2n) is 4.61. The van der Waals surface area contributed by atoms with E-state index >= 15 is 0 Å². The van der Waals surface area contributed by atoms with E-state index in [-0.39, 0.29) is 17.0 Å². The van der Waals surface area contributed by atoms with Crippen molar-refractivity contribution in [3.05, 3.63) is 58.1 Å². The summed E-state index contributed by atoms with van der Waals surface area (Å²) in [5.41, 5.74) is 1.43. The average Bonchev–Trinajstić information content (AvgIpc) is 2.82. The zero-order chi connectivity index (χ0) is 15.0. The molecule has 1 aliphatic heterocycles. The molecule has 1 N–H and O–H groups in total. The van der Waals surface area contributed by atoms with Crippen LogP contribution in [0.25, 0.3) is 0 Å². The summed E-state index contributed by atoms with van der Waals surface area (Å²) in [5.74, 6) is 0.324. The maximum atomic E-state index is 12.2. The van der Waals surface area contributed by atoms with E-state index in [2.05, 4.69) is 0 Å². The minimum Gasteiger partial charge on any atom is -0.506 e. The Balaban J connectivity index is 2.01. The molecule has 1 aliphatic rings. The summed E-state index contributed by atoms with van der Waals surface area (Å²) in [7, 11) is 0. The lowest BCUT2D eigenvalue weighted by Gasteiger charge is -2.25. The topological polar surface area (TPSA) is 40.5 Å². The van der Waals surface area contributed by atoms with Gasteiger partial charge in [0.05, 0.1) is 11.4 Å². The molecule has 0 bridgehead atoms. The van der Waals surface area contributed by atoms with Crippen LogP contribution in [0.4, 0.5) is 5.69 Å². The highest BCUT2D eigenvalue weighted by Crippen LogP contribution is 2.45. The standard InChI is InChI=1S/C15H11Cl2NO2S/c16-10-3-1-9(2-4-10)15-18(14(20)8-21-15)12-6-5-11(17)7-13(12)19/h1-7,15,19H,8H2. The van der Waals surface area contributed by atoms with E-state index in [0.717, 1.165) is 5.56 Å². The van der Waals surface area contributed by atoms with Crippen molar-refractivity contribution < 1.29 is 9.90 Å². The van der Waals surface area contributed by atoms with Crippen LogP contribution in [0.3, 0.4) is 0 Å². The molecule has 0 aliphatic carbocycles. The van der Waals surface area contributed by atoms with E-state index in [1.165, 1.54) is 17.8 Å². The van der Waals surface area contributed by atoms with Gasteiger partial charge in [0.25, 0.3) is 0 Å². The first-order valence-corrected chi connectivity index (χ1v) is 8.04. The maximum Gasteiger partial charge on any atom is 0.238 e. The van der Waals surface area contributed by atoms with Gasteiger partial charge in [-0.3, -0.25) is 9.69 Å². The fourth-order valence-electron chi connectivity index (χ4n) is 2.26. The van der Waals surface area contributed by atoms with Crippen molar-refractivity contribution in [3.8, 4) is 5.75 Å². The number of amides is 1. The van der Waals surface area contributed by atoms with E-state index in [1.807, 2.05) is 12.1 Å². The Morgan fingerprint density at radius 3 is 2.43 bits per heavy atom. The summed E-state index contributed by atoms with van der Waals surface area (Å²) < 4.78 is 0. The van der Waals surface area contributed by atoms with Gasteiger partial charge in [0.2, 0.25) is 5.91 Å². The summed E-state index contributed by atoms with van der Waals surface area (Å²) in [5, 5.41) is 11.0. The number of aromatic hydroxyl groups is 1.